The van der Waals surface area contributed by atoms with E-state index in [4.69, 9.17) is 4.74 Å². The van der Waals surface area contributed by atoms with E-state index in [1.54, 1.807) is 23.0 Å². The van der Waals surface area contributed by atoms with Gasteiger partial charge in [0, 0.05) is 23.9 Å². The molecule has 5 nitrogen and oxygen atoms in total. The van der Waals surface area contributed by atoms with Gasteiger partial charge in [-0.1, -0.05) is 0 Å². The van der Waals surface area contributed by atoms with Gasteiger partial charge >= 0.3 is 0 Å². The number of aromatic hydroxyl groups is 1. The van der Waals surface area contributed by atoms with Crippen molar-refractivity contribution in [1.29, 1.82) is 0 Å². The summed E-state index contributed by atoms with van der Waals surface area (Å²) < 4.78 is 6.73. The fourth-order valence-corrected chi connectivity index (χ4v) is 1.77. The molecule has 0 spiro atoms. The Kier molecular flexibility index (Phi) is 3.89. The van der Waals surface area contributed by atoms with Crippen molar-refractivity contribution in [2.75, 3.05) is 7.11 Å². The maximum atomic E-state index is 12.1. The monoisotopic (exact) mass is 272 g/mol. The van der Waals surface area contributed by atoms with Crippen molar-refractivity contribution in [3.05, 3.63) is 47.3 Å². The molecule has 1 heterocycles. The fourth-order valence-electron chi connectivity index (χ4n) is 1.77. The number of carbonyl (C=O) groups is 1. The topological polar surface area (TPSA) is 64.3 Å². The summed E-state index contributed by atoms with van der Waals surface area (Å²) in [5.41, 5.74) is 2.33. The minimum absolute atomic E-state index is 0.0103. The van der Waals surface area contributed by atoms with E-state index < -0.39 is 0 Å². The second kappa shape index (κ2) is 5.61. The maximum absolute atomic E-state index is 12.1. The van der Waals surface area contributed by atoms with Crippen molar-refractivity contribution in [1.82, 2.24) is 9.78 Å². The Hall–Kier alpha value is -2.56. The highest BCUT2D eigenvalue weighted by Crippen LogP contribution is 2.26. The number of phenolic OH excluding ortho intramolecular Hbond substituents is 1. The Morgan fingerprint density at radius 3 is 2.80 bits per heavy atom. The first-order valence-electron chi connectivity index (χ1n) is 6.11. The lowest BCUT2D eigenvalue weighted by atomic mass is 10.1. The molecular weight excluding hydrogens is 256 g/mol. The number of rotatable bonds is 4. The van der Waals surface area contributed by atoms with Crippen LogP contribution in [0.4, 0.5) is 0 Å². The third kappa shape index (κ3) is 2.71. The lowest BCUT2D eigenvalue weighted by Crippen LogP contribution is -1.96. The molecule has 0 fully saturated rings. The highest BCUT2D eigenvalue weighted by molar-refractivity contribution is 6.07. The van der Waals surface area contributed by atoms with Gasteiger partial charge in [-0.15, -0.1) is 0 Å². The van der Waals surface area contributed by atoms with E-state index in [9.17, 15) is 9.90 Å². The first-order valence-corrected chi connectivity index (χ1v) is 6.11. The Bertz CT molecular complexity index is 672. The number of hydrogen-bond donors (Lipinski definition) is 1. The molecule has 2 rings (SSSR count). The lowest BCUT2D eigenvalue weighted by molar-refractivity contribution is 0.104. The van der Waals surface area contributed by atoms with Gasteiger partial charge in [0.2, 0.25) is 0 Å². The lowest BCUT2D eigenvalue weighted by Gasteiger charge is -2.04. The van der Waals surface area contributed by atoms with Crippen LogP contribution in [0.5, 0.6) is 11.5 Å². The predicted molar refractivity (Wildman–Crippen MR) is 76.0 cm³/mol. The molecule has 0 unspecified atom stereocenters. The molecule has 0 amide bonds. The standard InChI is InChI=1S/C15H16N2O3/c1-10-12(9-16-17(10)2)5-6-13(18)11-4-7-14(19)15(8-11)20-3/h4-9,19H,1-3H3/b6-5+. The van der Waals surface area contributed by atoms with Crippen molar-refractivity contribution >= 4 is 11.9 Å². The van der Waals surface area contributed by atoms with Crippen molar-refractivity contribution in [2.24, 2.45) is 7.05 Å². The number of nitrogens with zero attached hydrogens (tertiary/aromatic N) is 2. The van der Waals surface area contributed by atoms with Gasteiger partial charge in [-0.05, 0) is 37.3 Å². The van der Waals surface area contributed by atoms with Crippen LogP contribution in [-0.2, 0) is 7.05 Å². The highest BCUT2D eigenvalue weighted by atomic mass is 16.5. The SMILES string of the molecule is COc1cc(C(=O)/C=C/c2cnn(C)c2C)ccc1O. The molecule has 0 saturated carbocycles. The average molecular weight is 272 g/mol. The zero-order chi connectivity index (χ0) is 14.7. The Balaban J connectivity index is 2.22. The second-order valence-corrected chi connectivity index (χ2v) is 4.39. The first-order chi connectivity index (χ1) is 9.52. The molecule has 0 saturated heterocycles. The van der Waals surface area contributed by atoms with E-state index in [2.05, 4.69) is 5.10 Å². The number of methoxy groups -OCH3 is 1. The van der Waals surface area contributed by atoms with Crippen LogP contribution < -0.4 is 4.74 Å². The van der Waals surface area contributed by atoms with Crippen LogP contribution in [0, 0.1) is 6.92 Å². The molecule has 0 bridgehead atoms. The molecule has 0 radical (unpaired) electrons. The van der Waals surface area contributed by atoms with E-state index >= 15 is 0 Å². The fraction of sp³-hybridized carbons (Fsp3) is 0.200. The summed E-state index contributed by atoms with van der Waals surface area (Å²) in [6, 6.07) is 4.51. The van der Waals surface area contributed by atoms with Crippen LogP contribution >= 0.6 is 0 Å². The van der Waals surface area contributed by atoms with Gasteiger partial charge in [-0.25, -0.2) is 0 Å². The van der Waals surface area contributed by atoms with E-state index in [0.717, 1.165) is 11.3 Å². The normalized spacial score (nSPS) is 10.9. The first kappa shape index (κ1) is 13.9. The van der Waals surface area contributed by atoms with Gasteiger partial charge in [0.25, 0.3) is 0 Å². The summed E-state index contributed by atoms with van der Waals surface area (Å²) in [5, 5.41) is 13.6. The summed E-state index contributed by atoms with van der Waals surface area (Å²) in [4.78, 5) is 12.1. The van der Waals surface area contributed by atoms with Crippen molar-refractivity contribution in [3.63, 3.8) is 0 Å². The molecule has 0 aliphatic rings. The number of hydrogen-bond acceptors (Lipinski definition) is 4. The quantitative estimate of drug-likeness (QED) is 0.685. The summed E-state index contributed by atoms with van der Waals surface area (Å²) in [6.07, 6.45) is 4.91. The Labute approximate surface area is 117 Å². The summed E-state index contributed by atoms with van der Waals surface area (Å²) in [5.74, 6) is 0.129. The van der Waals surface area contributed by atoms with Crippen LogP contribution in [0.25, 0.3) is 6.08 Å². The molecule has 0 aliphatic heterocycles. The number of carbonyl (C=O) groups excluding carboxylic acids is 1. The van der Waals surface area contributed by atoms with E-state index in [1.165, 1.54) is 25.3 Å². The van der Waals surface area contributed by atoms with Gasteiger partial charge < -0.3 is 9.84 Å². The molecule has 104 valence electrons. The molecule has 2 aromatic rings. The summed E-state index contributed by atoms with van der Waals surface area (Å²) >= 11 is 0. The largest absolute Gasteiger partial charge is 0.504 e. The van der Waals surface area contributed by atoms with Crippen LogP contribution in [0.3, 0.4) is 0 Å². The molecule has 0 atom stereocenters. The number of allylic oxidation sites excluding steroid dienone is 1. The zero-order valence-electron chi connectivity index (χ0n) is 11.6. The molecule has 5 heteroatoms. The molecular formula is C15H16N2O3. The van der Waals surface area contributed by atoms with Crippen molar-refractivity contribution < 1.29 is 14.6 Å². The van der Waals surface area contributed by atoms with Gasteiger partial charge in [0.15, 0.2) is 17.3 Å². The molecule has 0 aliphatic carbocycles. The van der Waals surface area contributed by atoms with E-state index in [-0.39, 0.29) is 17.3 Å². The third-order valence-corrected chi connectivity index (χ3v) is 3.15. The minimum atomic E-state index is -0.161. The van der Waals surface area contributed by atoms with Crippen molar-refractivity contribution in [3.8, 4) is 11.5 Å². The maximum Gasteiger partial charge on any atom is 0.185 e. The van der Waals surface area contributed by atoms with Gasteiger partial charge in [-0.2, -0.15) is 5.10 Å². The third-order valence-electron chi connectivity index (χ3n) is 3.15. The molecule has 1 aromatic heterocycles. The van der Waals surface area contributed by atoms with E-state index in [1.807, 2.05) is 14.0 Å². The predicted octanol–water partition coefficient (Wildman–Crippen LogP) is 2.34. The smallest absolute Gasteiger partial charge is 0.185 e. The minimum Gasteiger partial charge on any atom is -0.504 e. The van der Waals surface area contributed by atoms with Crippen LogP contribution in [0.15, 0.2) is 30.5 Å². The van der Waals surface area contributed by atoms with Crippen LogP contribution in [0.1, 0.15) is 21.6 Å². The van der Waals surface area contributed by atoms with Crippen LogP contribution in [0.2, 0.25) is 0 Å². The number of aromatic nitrogens is 2. The number of phenols is 1. The number of aryl methyl sites for hydroxylation is 1. The summed E-state index contributed by atoms with van der Waals surface area (Å²) in [7, 11) is 3.29. The van der Waals surface area contributed by atoms with Gasteiger partial charge in [-0.3, -0.25) is 9.48 Å². The van der Waals surface area contributed by atoms with Crippen LogP contribution in [-0.4, -0.2) is 27.8 Å². The van der Waals surface area contributed by atoms with E-state index in [0.29, 0.717) is 5.56 Å². The number of benzene rings is 1. The molecule has 1 N–H and O–H groups in total. The highest BCUT2D eigenvalue weighted by Gasteiger charge is 2.08. The number of ether oxygens (including phenoxy) is 1. The van der Waals surface area contributed by atoms with Gasteiger partial charge in [0.1, 0.15) is 0 Å². The summed E-state index contributed by atoms with van der Waals surface area (Å²) in [6.45, 7) is 1.93. The molecule has 20 heavy (non-hydrogen) atoms. The Morgan fingerprint density at radius 1 is 1.45 bits per heavy atom. The second-order valence-electron chi connectivity index (χ2n) is 4.39. The average Bonchev–Trinajstić information content (AvgIpc) is 2.76. The Morgan fingerprint density at radius 2 is 2.20 bits per heavy atom. The number of ketones is 1. The molecule has 1 aromatic carbocycles. The zero-order valence-corrected chi connectivity index (χ0v) is 11.6. The van der Waals surface area contributed by atoms with Gasteiger partial charge in [0.05, 0.1) is 13.3 Å². The van der Waals surface area contributed by atoms with Crippen molar-refractivity contribution in [2.45, 2.75) is 6.92 Å².